The van der Waals surface area contributed by atoms with Gasteiger partial charge in [-0.15, -0.1) is 0 Å². The molecule has 1 aliphatic carbocycles. The summed E-state index contributed by atoms with van der Waals surface area (Å²) in [5.74, 6) is -2.91. The van der Waals surface area contributed by atoms with E-state index in [-0.39, 0.29) is 6.61 Å². The second kappa shape index (κ2) is 5.64. The van der Waals surface area contributed by atoms with Gasteiger partial charge in [0.05, 0.1) is 26.4 Å². The van der Waals surface area contributed by atoms with Crippen molar-refractivity contribution in [3.05, 3.63) is 23.8 Å². The molecule has 1 aromatic rings. The molecule has 1 fully saturated rings. The monoisotopic (exact) mass is 285 g/mol. The fourth-order valence-electron chi connectivity index (χ4n) is 2.05. The average molecular weight is 285 g/mol. The van der Waals surface area contributed by atoms with Gasteiger partial charge >= 0.3 is 0 Å². The van der Waals surface area contributed by atoms with Crippen LogP contribution in [0.25, 0.3) is 0 Å². The first-order chi connectivity index (χ1) is 9.52. The van der Waals surface area contributed by atoms with Crippen LogP contribution >= 0.6 is 0 Å². The summed E-state index contributed by atoms with van der Waals surface area (Å²) in [6.45, 7) is 1.42. The Bertz CT molecular complexity index is 505. The number of methoxy groups -OCH3 is 2. The molecule has 1 aliphatic rings. The molecule has 1 aromatic carbocycles. The molecule has 0 aliphatic heterocycles. The fourth-order valence-corrected chi connectivity index (χ4v) is 2.05. The SMILES string of the molecule is COc1cccc(/C=N/OC[C@@H]2[C@@H](C)C2(F)F)c1OC. The van der Waals surface area contributed by atoms with E-state index in [1.54, 1.807) is 18.2 Å². The van der Waals surface area contributed by atoms with Gasteiger partial charge < -0.3 is 14.3 Å². The first-order valence-corrected chi connectivity index (χ1v) is 6.26. The average Bonchev–Trinajstić information content (AvgIpc) is 2.92. The fraction of sp³-hybridized carbons (Fsp3) is 0.500. The summed E-state index contributed by atoms with van der Waals surface area (Å²) >= 11 is 0. The topological polar surface area (TPSA) is 40.0 Å². The number of halogens is 2. The van der Waals surface area contributed by atoms with Crippen molar-refractivity contribution in [2.45, 2.75) is 12.8 Å². The number of alkyl halides is 2. The minimum atomic E-state index is -2.62. The minimum Gasteiger partial charge on any atom is -0.493 e. The first-order valence-electron chi connectivity index (χ1n) is 6.26. The molecule has 0 aromatic heterocycles. The molecule has 0 unspecified atom stereocenters. The van der Waals surface area contributed by atoms with E-state index < -0.39 is 17.8 Å². The summed E-state index contributed by atoms with van der Waals surface area (Å²) in [5.41, 5.74) is 0.655. The van der Waals surface area contributed by atoms with Crippen LogP contribution in [-0.4, -0.2) is 33.0 Å². The van der Waals surface area contributed by atoms with Crippen LogP contribution in [0.2, 0.25) is 0 Å². The standard InChI is InChI=1S/C14H17F2NO3/c1-9-11(14(9,15)16)8-20-17-7-10-5-4-6-12(18-2)13(10)19-3/h4-7,9,11H,8H2,1-3H3/b17-7+/t9-,11-/m1/s1. The summed E-state index contributed by atoms with van der Waals surface area (Å²) in [6, 6.07) is 5.30. The lowest BCUT2D eigenvalue weighted by Gasteiger charge is -2.09. The van der Waals surface area contributed by atoms with Gasteiger partial charge in [-0.3, -0.25) is 0 Å². The van der Waals surface area contributed by atoms with Crippen LogP contribution in [0, 0.1) is 11.8 Å². The zero-order valence-electron chi connectivity index (χ0n) is 11.6. The van der Waals surface area contributed by atoms with Crippen molar-refractivity contribution in [1.29, 1.82) is 0 Å². The Balaban J connectivity index is 1.95. The molecule has 0 spiro atoms. The van der Waals surface area contributed by atoms with Crippen molar-refractivity contribution in [2.75, 3.05) is 20.8 Å². The smallest absolute Gasteiger partial charge is 0.257 e. The lowest BCUT2D eigenvalue weighted by atomic mass is 10.2. The molecule has 0 heterocycles. The van der Waals surface area contributed by atoms with Gasteiger partial charge in [0.25, 0.3) is 5.92 Å². The maximum atomic E-state index is 13.0. The molecule has 4 nitrogen and oxygen atoms in total. The zero-order valence-corrected chi connectivity index (χ0v) is 11.6. The van der Waals surface area contributed by atoms with Crippen LogP contribution < -0.4 is 9.47 Å². The van der Waals surface area contributed by atoms with E-state index in [4.69, 9.17) is 14.3 Å². The van der Waals surface area contributed by atoms with Crippen molar-refractivity contribution < 1.29 is 23.1 Å². The van der Waals surface area contributed by atoms with Gasteiger partial charge in [0.15, 0.2) is 11.5 Å². The third-order valence-corrected chi connectivity index (χ3v) is 3.55. The number of para-hydroxylation sites is 1. The number of oxime groups is 1. The van der Waals surface area contributed by atoms with Gasteiger partial charge in [-0.2, -0.15) is 0 Å². The van der Waals surface area contributed by atoms with Gasteiger partial charge in [-0.25, -0.2) is 8.78 Å². The Morgan fingerprint density at radius 1 is 1.30 bits per heavy atom. The molecule has 1 saturated carbocycles. The van der Waals surface area contributed by atoms with E-state index in [1.165, 1.54) is 27.4 Å². The molecule has 2 rings (SSSR count). The van der Waals surface area contributed by atoms with Gasteiger partial charge in [0.2, 0.25) is 0 Å². The number of rotatable bonds is 6. The molecule has 0 amide bonds. The van der Waals surface area contributed by atoms with Crippen LogP contribution in [-0.2, 0) is 4.84 Å². The highest BCUT2D eigenvalue weighted by molar-refractivity contribution is 5.84. The Kier molecular flexibility index (Phi) is 4.11. The van der Waals surface area contributed by atoms with E-state index in [1.807, 2.05) is 0 Å². The van der Waals surface area contributed by atoms with Crippen molar-refractivity contribution in [3.63, 3.8) is 0 Å². The first kappa shape index (κ1) is 14.6. The molecule has 110 valence electrons. The zero-order chi connectivity index (χ0) is 14.8. The van der Waals surface area contributed by atoms with Gasteiger partial charge in [-0.1, -0.05) is 18.1 Å². The number of hydrogen-bond acceptors (Lipinski definition) is 4. The molecule has 20 heavy (non-hydrogen) atoms. The van der Waals surface area contributed by atoms with Crippen LogP contribution in [0.15, 0.2) is 23.4 Å². The molecular formula is C14H17F2NO3. The lowest BCUT2D eigenvalue weighted by molar-refractivity contribution is 0.0541. The normalized spacial score (nSPS) is 23.6. The maximum Gasteiger partial charge on any atom is 0.257 e. The molecule has 0 N–H and O–H groups in total. The molecule has 2 atom stereocenters. The van der Waals surface area contributed by atoms with E-state index >= 15 is 0 Å². The highest BCUT2D eigenvalue weighted by Crippen LogP contribution is 2.54. The van der Waals surface area contributed by atoms with Crippen molar-refractivity contribution in [1.82, 2.24) is 0 Å². The van der Waals surface area contributed by atoms with Crippen molar-refractivity contribution >= 4 is 6.21 Å². The van der Waals surface area contributed by atoms with Gasteiger partial charge in [0.1, 0.15) is 6.61 Å². The molecular weight excluding hydrogens is 268 g/mol. The highest BCUT2D eigenvalue weighted by atomic mass is 19.3. The third-order valence-electron chi connectivity index (χ3n) is 3.55. The Labute approximate surface area is 116 Å². The van der Waals surface area contributed by atoms with E-state index in [0.717, 1.165) is 0 Å². The van der Waals surface area contributed by atoms with E-state index in [0.29, 0.717) is 17.1 Å². The van der Waals surface area contributed by atoms with Gasteiger partial charge in [-0.05, 0) is 12.1 Å². The highest BCUT2D eigenvalue weighted by Gasteiger charge is 2.65. The van der Waals surface area contributed by atoms with Crippen molar-refractivity contribution in [2.24, 2.45) is 17.0 Å². The summed E-state index contributed by atoms with van der Waals surface area (Å²) in [7, 11) is 3.05. The predicted octanol–water partition coefficient (Wildman–Crippen LogP) is 2.96. The molecule has 0 radical (unpaired) electrons. The second-order valence-electron chi connectivity index (χ2n) is 4.68. The number of hydrogen-bond donors (Lipinski definition) is 0. The number of ether oxygens (including phenoxy) is 2. The van der Waals surface area contributed by atoms with Crippen LogP contribution in [0.3, 0.4) is 0 Å². The van der Waals surface area contributed by atoms with Crippen LogP contribution in [0.1, 0.15) is 12.5 Å². The van der Waals surface area contributed by atoms with Crippen LogP contribution in [0.4, 0.5) is 8.78 Å². The van der Waals surface area contributed by atoms with Crippen molar-refractivity contribution in [3.8, 4) is 11.5 Å². The summed E-state index contributed by atoms with van der Waals surface area (Å²) < 4.78 is 36.3. The molecule has 0 saturated heterocycles. The maximum absolute atomic E-state index is 13.0. The summed E-state index contributed by atoms with van der Waals surface area (Å²) in [5, 5.41) is 3.71. The predicted molar refractivity (Wildman–Crippen MR) is 70.7 cm³/mol. The van der Waals surface area contributed by atoms with Gasteiger partial charge in [0, 0.05) is 11.5 Å². The lowest BCUT2D eigenvalue weighted by Crippen LogP contribution is -2.00. The number of benzene rings is 1. The summed E-state index contributed by atoms with van der Waals surface area (Å²) in [6.07, 6.45) is 1.42. The Morgan fingerprint density at radius 3 is 2.55 bits per heavy atom. The third kappa shape index (κ3) is 2.69. The Morgan fingerprint density at radius 2 is 2.00 bits per heavy atom. The minimum absolute atomic E-state index is 0.0864. The van der Waals surface area contributed by atoms with E-state index in [9.17, 15) is 8.78 Å². The van der Waals surface area contributed by atoms with Crippen LogP contribution in [0.5, 0.6) is 11.5 Å². The quantitative estimate of drug-likeness (QED) is 0.596. The van der Waals surface area contributed by atoms with E-state index in [2.05, 4.69) is 5.16 Å². The molecule has 6 heteroatoms. The molecule has 0 bridgehead atoms. The largest absolute Gasteiger partial charge is 0.493 e. The number of nitrogens with zero attached hydrogens (tertiary/aromatic N) is 1. The second-order valence-corrected chi connectivity index (χ2v) is 4.68. The Hall–Kier alpha value is -1.85. The summed E-state index contributed by atoms with van der Waals surface area (Å²) in [4.78, 5) is 4.93.